The molecule has 0 unspecified atom stereocenters. The number of aryl methyl sites for hydroxylation is 1. The number of aromatic nitrogens is 2. The Labute approximate surface area is 159 Å². The Hall–Kier alpha value is -3.41. The van der Waals surface area contributed by atoms with Crippen LogP contribution in [-0.4, -0.2) is 30.0 Å². The molecule has 27 heavy (non-hydrogen) atoms. The summed E-state index contributed by atoms with van der Waals surface area (Å²) < 4.78 is 0. The zero-order valence-electron chi connectivity index (χ0n) is 15.7. The van der Waals surface area contributed by atoms with E-state index in [0.717, 1.165) is 16.9 Å². The molecule has 1 heterocycles. The van der Waals surface area contributed by atoms with Crippen molar-refractivity contribution in [3.05, 3.63) is 77.6 Å². The molecule has 0 saturated heterocycles. The van der Waals surface area contributed by atoms with Crippen LogP contribution in [0.4, 0.5) is 17.3 Å². The van der Waals surface area contributed by atoms with Crippen molar-refractivity contribution in [3.63, 3.8) is 0 Å². The minimum Gasteiger partial charge on any atom is -0.378 e. The molecule has 3 rings (SSSR count). The highest BCUT2D eigenvalue weighted by atomic mass is 16.1. The molecular formula is C21H23N5O. The van der Waals surface area contributed by atoms with Crippen LogP contribution >= 0.6 is 0 Å². The van der Waals surface area contributed by atoms with E-state index in [4.69, 9.17) is 0 Å². The Kier molecular flexibility index (Phi) is 5.66. The average Bonchev–Trinajstić information content (AvgIpc) is 2.68. The highest BCUT2D eigenvalue weighted by Crippen LogP contribution is 2.16. The molecule has 6 nitrogen and oxygen atoms in total. The van der Waals surface area contributed by atoms with Crippen LogP contribution in [0.3, 0.4) is 0 Å². The second-order valence-electron chi connectivity index (χ2n) is 6.50. The standard InChI is InChI=1S/C21H23N5O/c1-15-4-6-16(7-5-15)14-23-21-22-13-12-19(25-21)20(27)24-17-8-10-18(11-9-17)26(2)3/h4-13H,14H2,1-3H3,(H,24,27)(H,22,23,25). The fourth-order valence-corrected chi connectivity index (χ4v) is 2.50. The van der Waals surface area contributed by atoms with Crippen LogP contribution in [0.2, 0.25) is 0 Å². The second-order valence-corrected chi connectivity index (χ2v) is 6.50. The van der Waals surface area contributed by atoms with Gasteiger partial charge in [0.1, 0.15) is 5.69 Å². The van der Waals surface area contributed by atoms with Crippen molar-refractivity contribution in [2.45, 2.75) is 13.5 Å². The molecule has 1 amide bonds. The molecule has 3 aromatic rings. The van der Waals surface area contributed by atoms with Crippen LogP contribution in [0.5, 0.6) is 0 Å². The third kappa shape index (κ3) is 5.04. The van der Waals surface area contributed by atoms with E-state index in [0.29, 0.717) is 18.2 Å². The van der Waals surface area contributed by atoms with E-state index in [2.05, 4.69) is 51.8 Å². The minimum atomic E-state index is -0.270. The monoisotopic (exact) mass is 361 g/mol. The van der Waals surface area contributed by atoms with E-state index in [1.807, 2.05) is 43.3 Å². The Bertz CT molecular complexity index is 905. The Balaban J connectivity index is 1.63. The number of rotatable bonds is 6. The lowest BCUT2D eigenvalue weighted by molar-refractivity contribution is 0.102. The van der Waals surface area contributed by atoms with Gasteiger partial charge >= 0.3 is 0 Å². The number of benzene rings is 2. The van der Waals surface area contributed by atoms with Crippen molar-refractivity contribution in [1.29, 1.82) is 0 Å². The summed E-state index contributed by atoms with van der Waals surface area (Å²) >= 11 is 0. The van der Waals surface area contributed by atoms with Crippen molar-refractivity contribution in [1.82, 2.24) is 9.97 Å². The Morgan fingerprint density at radius 3 is 2.37 bits per heavy atom. The van der Waals surface area contributed by atoms with Gasteiger partial charge in [-0.05, 0) is 42.8 Å². The summed E-state index contributed by atoms with van der Waals surface area (Å²) in [6, 6.07) is 17.4. The van der Waals surface area contributed by atoms with Crippen molar-refractivity contribution < 1.29 is 4.79 Å². The van der Waals surface area contributed by atoms with Gasteiger partial charge in [-0.3, -0.25) is 4.79 Å². The highest BCUT2D eigenvalue weighted by molar-refractivity contribution is 6.03. The molecule has 1 aromatic heterocycles. The van der Waals surface area contributed by atoms with Gasteiger partial charge < -0.3 is 15.5 Å². The summed E-state index contributed by atoms with van der Waals surface area (Å²) in [5.41, 5.74) is 4.44. The van der Waals surface area contributed by atoms with Gasteiger partial charge in [0, 0.05) is 38.2 Å². The molecule has 2 aromatic carbocycles. The SMILES string of the molecule is Cc1ccc(CNc2nccc(C(=O)Nc3ccc(N(C)C)cc3)n2)cc1. The number of hydrogen-bond donors (Lipinski definition) is 2. The van der Waals surface area contributed by atoms with Crippen molar-refractivity contribution >= 4 is 23.2 Å². The predicted octanol–water partition coefficient (Wildman–Crippen LogP) is 3.72. The van der Waals surface area contributed by atoms with Crippen LogP contribution in [0.25, 0.3) is 0 Å². The number of carbonyl (C=O) groups is 1. The van der Waals surface area contributed by atoms with Gasteiger partial charge in [-0.1, -0.05) is 29.8 Å². The summed E-state index contributed by atoms with van der Waals surface area (Å²) in [5.74, 6) is 0.152. The molecule has 0 saturated carbocycles. The molecular weight excluding hydrogens is 338 g/mol. The average molecular weight is 361 g/mol. The van der Waals surface area contributed by atoms with Gasteiger partial charge in [-0.15, -0.1) is 0 Å². The predicted molar refractivity (Wildman–Crippen MR) is 109 cm³/mol. The zero-order chi connectivity index (χ0) is 19.2. The molecule has 0 atom stereocenters. The maximum absolute atomic E-state index is 12.5. The second kappa shape index (κ2) is 8.31. The van der Waals surface area contributed by atoms with E-state index >= 15 is 0 Å². The molecule has 0 fully saturated rings. The van der Waals surface area contributed by atoms with Crippen LogP contribution in [0.15, 0.2) is 60.8 Å². The Morgan fingerprint density at radius 2 is 1.70 bits per heavy atom. The smallest absolute Gasteiger partial charge is 0.274 e. The zero-order valence-corrected chi connectivity index (χ0v) is 15.7. The number of hydrogen-bond acceptors (Lipinski definition) is 5. The molecule has 2 N–H and O–H groups in total. The van der Waals surface area contributed by atoms with E-state index < -0.39 is 0 Å². The van der Waals surface area contributed by atoms with Crippen molar-refractivity contribution in [3.8, 4) is 0 Å². The van der Waals surface area contributed by atoms with Gasteiger partial charge in [0.2, 0.25) is 5.95 Å². The summed E-state index contributed by atoms with van der Waals surface area (Å²) in [5, 5.41) is 6.01. The van der Waals surface area contributed by atoms with Crippen LogP contribution < -0.4 is 15.5 Å². The van der Waals surface area contributed by atoms with Gasteiger partial charge in [0.05, 0.1) is 0 Å². The van der Waals surface area contributed by atoms with Gasteiger partial charge in [-0.25, -0.2) is 9.97 Å². The fourth-order valence-electron chi connectivity index (χ4n) is 2.50. The first kappa shape index (κ1) is 18.4. The molecule has 0 bridgehead atoms. The molecule has 0 spiro atoms. The van der Waals surface area contributed by atoms with Crippen LogP contribution in [-0.2, 0) is 6.54 Å². The third-order valence-corrected chi connectivity index (χ3v) is 4.10. The first-order chi connectivity index (χ1) is 13.0. The molecule has 0 aliphatic heterocycles. The lowest BCUT2D eigenvalue weighted by atomic mass is 10.1. The van der Waals surface area contributed by atoms with Gasteiger partial charge in [0.15, 0.2) is 0 Å². The lowest BCUT2D eigenvalue weighted by Gasteiger charge is -2.13. The van der Waals surface area contributed by atoms with E-state index in [-0.39, 0.29) is 5.91 Å². The van der Waals surface area contributed by atoms with E-state index in [1.54, 1.807) is 12.3 Å². The van der Waals surface area contributed by atoms with Gasteiger partial charge in [-0.2, -0.15) is 0 Å². The first-order valence-corrected chi connectivity index (χ1v) is 8.72. The van der Waals surface area contributed by atoms with Crippen molar-refractivity contribution in [2.24, 2.45) is 0 Å². The number of carbonyl (C=O) groups excluding carboxylic acids is 1. The summed E-state index contributed by atoms with van der Waals surface area (Å²) in [6.45, 7) is 2.65. The van der Waals surface area contributed by atoms with Crippen LogP contribution in [0.1, 0.15) is 21.6 Å². The number of nitrogens with zero attached hydrogens (tertiary/aromatic N) is 3. The summed E-state index contributed by atoms with van der Waals surface area (Å²) in [4.78, 5) is 22.9. The number of anilines is 3. The largest absolute Gasteiger partial charge is 0.378 e. The van der Waals surface area contributed by atoms with E-state index in [9.17, 15) is 4.79 Å². The first-order valence-electron chi connectivity index (χ1n) is 8.72. The van der Waals surface area contributed by atoms with Gasteiger partial charge in [0.25, 0.3) is 5.91 Å². The number of amides is 1. The molecule has 0 radical (unpaired) electrons. The molecule has 0 aliphatic rings. The Morgan fingerprint density at radius 1 is 1.00 bits per heavy atom. The molecule has 138 valence electrons. The van der Waals surface area contributed by atoms with E-state index in [1.165, 1.54) is 5.56 Å². The highest BCUT2D eigenvalue weighted by Gasteiger charge is 2.09. The number of nitrogens with one attached hydrogen (secondary N) is 2. The summed E-state index contributed by atoms with van der Waals surface area (Å²) in [6.07, 6.45) is 1.58. The minimum absolute atomic E-state index is 0.270. The quantitative estimate of drug-likeness (QED) is 0.700. The topological polar surface area (TPSA) is 70.2 Å². The van der Waals surface area contributed by atoms with Crippen molar-refractivity contribution in [2.75, 3.05) is 29.6 Å². The normalized spacial score (nSPS) is 10.3. The molecule has 0 aliphatic carbocycles. The maximum Gasteiger partial charge on any atom is 0.274 e. The maximum atomic E-state index is 12.5. The lowest BCUT2D eigenvalue weighted by Crippen LogP contribution is -2.15. The third-order valence-electron chi connectivity index (χ3n) is 4.10. The fraction of sp³-hybridized carbons (Fsp3) is 0.190. The van der Waals surface area contributed by atoms with Crippen LogP contribution in [0, 0.1) is 6.92 Å². The molecule has 6 heteroatoms. The summed E-state index contributed by atoms with van der Waals surface area (Å²) in [7, 11) is 3.94.